The molecule has 8 heteroatoms. The number of anilines is 1. The molecule has 2 amide bonds. The van der Waals surface area contributed by atoms with Gasteiger partial charge in [-0.1, -0.05) is 72.5 Å². The second-order valence-electron chi connectivity index (χ2n) is 8.93. The average molecular weight is 547 g/mol. The number of carbonyl (C=O) groups excluding carboxylic acids is 2. The first-order valence-corrected chi connectivity index (χ1v) is 13.6. The van der Waals surface area contributed by atoms with E-state index in [2.05, 4.69) is 5.32 Å². The highest BCUT2D eigenvalue weighted by molar-refractivity contribution is 8.26. The predicted octanol–water partition coefficient (Wildman–Crippen LogP) is 6.68. The molecule has 0 aromatic heterocycles. The van der Waals surface area contributed by atoms with Gasteiger partial charge in [-0.05, 0) is 74.2 Å². The Morgan fingerprint density at radius 2 is 1.82 bits per heavy atom. The zero-order valence-corrected chi connectivity index (χ0v) is 23.4. The SMILES string of the molecule is CCOc1cc(/C=C2\SC(=S)N([C@@H](C)c3ccccc3)C2=O)ccc1OCC(=O)Nc1cc(C)ccc1C. The molecule has 1 heterocycles. The van der Waals surface area contributed by atoms with Crippen LogP contribution in [0.3, 0.4) is 0 Å². The van der Waals surface area contributed by atoms with Gasteiger partial charge in [0.2, 0.25) is 0 Å². The summed E-state index contributed by atoms with van der Waals surface area (Å²) in [7, 11) is 0. The first kappa shape index (κ1) is 27.4. The zero-order valence-electron chi connectivity index (χ0n) is 21.8. The topological polar surface area (TPSA) is 67.9 Å². The molecule has 38 heavy (non-hydrogen) atoms. The molecule has 3 aromatic rings. The smallest absolute Gasteiger partial charge is 0.266 e. The zero-order chi connectivity index (χ0) is 27.2. The molecule has 0 aliphatic carbocycles. The molecule has 0 unspecified atom stereocenters. The minimum Gasteiger partial charge on any atom is -0.490 e. The van der Waals surface area contributed by atoms with E-state index in [1.165, 1.54) is 11.8 Å². The normalized spacial score (nSPS) is 15.1. The van der Waals surface area contributed by atoms with Crippen molar-refractivity contribution in [3.63, 3.8) is 0 Å². The summed E-state index contributed by atoms with van der Waals surface area (Å²) in [5.41, 5.74) is 4.59. The maximum atomic E-state index is 13.2. The molecule has 0 radical (unpaired) electrons. The number of benzene rings is 3. The van der Waals surface area contributed by atoms with Crippen LogP contribution in [-0.4, -0.2) is 34.2 Å². The van der Waals surface area contributed by atoms with Gasteiger partial charge in [0.1, 0.15) is 4.32 Å². The molecule has 0 spiro atoms. The third-order valence-electron chi connectivity index (χ3n) is 6.08. The van der Waals surface area contributed by atoms with E-state index in [0.29, 0.717) is 27.3 Å². The lowest BCUT2D eigenvalue weighted by Gasteiger charge is -2.23. The Morgan fingerprint density at radius 1 is 1.05 bits per heavy atom. The van der Waals surface area contributed by atoms with Crippen LogP contribution >= 0.6 is 24.0 Å². The van der Waals surface area contributed by atoms with Crippen LogP contribution in [0.4, 0.5) is 5.69 Å². The number of rotatable bonds is 9. The molecular weight excluding hydrogens is 516 g/mol. The van der Waals surface area contributed by atoms with Crippen LogP contribution in [0.25, 0.3) is 6.08 Å². The largest absolute Gasteiger partial charge is 0.490 e. The fourth-order valence-corrected chi connectivity index (χ4v) is 5.47. The highest BCUT2D eigenvalue weighted by Gasteiger charge is 2.35. The van der Waals surface area contributed by atoms with Gasteiger partial charge in [-0.15, -0.1) is 0 Å². The molecule has 1 aliphatic heterocycles. The summed E-state index contributed by atoms with van der Waals surface area (Å²) in [5, 5.41) is 2.89. The van der Waals surface area contributed by atoms with Gasteiger partial charge in [0, 0.05) is 5.69 Å². The molecule has 6 nitrogen and oxygen atoms in total. The molecular formula is C30H30N2O4S2. The van der Waals surface area contributed by atoms with Crippen molar-refractivity contribution in [2.24, 2.45) is 0 Å². The van der Waals surface area contributed by atoms with Crippen LogP contribution in [0.15, 0.2) is 71.6 Å². The van der Waals surface area contributed by atoms with Crippen LogP contribution in [0.2, 0.25) is 0 Å². The summed E-state index contributed by atoms with van der Waals surface area (Å²) in [4.78, 5) is 28.0. The number of ether oxygens (including phenoxy) is 2. The van der Waals surface area contributed by atoms with Gasteiger partial charge in [0.15, 0.2) is 18.1 Å². The minimum atomic E-state index is -0.263. The predicted molar refractivity (Wildman–Crippen MR) is 158 cm³/mol. The van der Waals surface area contributed by atoms with Crippen molar-refractivity contribution < 1.29 is 19.1 Å². The molecule has 1 fully saturated rings. The van der Waals surface area contributed by atoms with Crippen molar-refractivity contribution in [1.82, 2.24) is 4.90 Å². The second-order valence-corrected chi connectivity index (χ2v) is 10.6. The van der Waals surface area contributed by atoms with Crippen LogP contribution in [0.5, 0.6) is 11.5 Å². The molecule has 3 aromatic carbocycles. The maximum Gasteiger partial charge on any atom is 0.266 e. The van der Waals surface area contributed by atoms with Gasteiger partial charge in [0.25, 0.3) is 11.8 Å². The summed E-state index contributed by atoms with van der Waals surface area (Å²) in [5.74, 6) is 0.554. The van der Waals surface area contributed by atoms with E-state index in [9.17, 15) is 9.59 Å². The molecule has 0 saturated carbocycles. The number of aryl methyl sites for hydroxylation is 2. The first-order chi connectivity index (χ1) is 18.3. The number of carbonyl (C=O) groups is 2. The number of nitrogens with one attached hydrogen (secondary N) is 1. The van der Waals surface area contributed by atoms with Gasteiger partial charge >= 0.3 is 0 Å². The Balaban J connectivity index is 1.47. The summed E-state index contributed by atoms with van der Waals surface area (Å²) < 4.78 is 12.1. The van der Waals surface area contributed by atoms with Gasteiger partial charge < -0.3 is 14.8 Å². The number of amides is 2. The molecule has 0 bridgehead atoms. The van der Waals surface area contributed by atoms with Crippen LogP contribution < -0.4 is 14.8 Å². The summed E-state index contributed by atoms with van der Waals surface area (Å²) in [6.07, 6.45) is 1.80. The lowest BCUT2D eigenvalue weighted by Crippen LogP contribution is -2.30. The van der Waals surface area contributed by atoms with Crippen molar-refractivity contribution in [3.8, 4) is 11.5 Å². The van der Waals surface area contributed by atoms with E-state index in [1.807, 2.05) is 82.3 Å². The van der Waals surface area contributed by atoms with Crippen LogP contribution in [0.1, 0.15) is 42.1 Å². The van der Waals surface area contributed by atoms with Gasteiger partial charge in [-0.2, -0.15) is 0 Å². The Hall–Kier alpha value is -3.62. The number of nitrogens with zero attached hydrogens (tertiary/aromatic N) is 1. The van der Waals surface area contributed by atoms with E-state index in [4.69, 9.17) is 21.7 Å². The Labute approximate surface area is 233 Å². The average Bonchev–Trinajstić information content (AvgIpc) is 3.18. The van der Waals surface area contributed by atoms with Crippen molar-refractivity contribution in [2.45, 2.75) is 33.7 Å². The first-order valence-electron chi connectivity index (χ1n) is 12.4. The lowest BCUT2D eigenvalue weighted by molar-refractivity contribution is -0.123. The van der Waals surface area contributed by atoms with Crippen LogP contribution in [-0.2, 0) is 9.59 Å². The fourth-order valence-electron chi connectivity index (χ4n) is 4.05. The number of hydrogen-bond donors (Lipinski definition) is 1. The Bertz CT molecular complexity index is 1390. The number of hydrogen-bond acceptors (Lipinski definition) is 6. The molecule has 1 saturated heterocycles. The van der Waals surface area contributed by atoms with E-state index in [0.717, 1.165) is 27.9 Å². The van der Waals surface area contributed by atoms with Crippen molar-refractivity contribution in [3.05, 3.63) is 93.9 Å². The van der Waals surface area contributed by atoms with Crippen molar-refractivity contribution in [1.29, 1.82) is 0 Å². The standard InChI is InChI=1S/C30H30N2O4S2/c1-5-35-26-16-22(13-14-25(26)36-18-28(33)31-24-15-19(2)11-12-20(24)3)17-27-29(34)32(30(37)38-27)21(4)23-9-7-6-8-10-23/h6-17,21H,5,18H2,1-4H3,(H,31,33)/b27-17-/t21-/m0/s1. The van der Waals surface area contributed by atoms with Gasteiger partial charge in [0.05, 0.1) is 17.6 Å². The Kier molecular flexibility index (Phi) is 8.86. The maximum absolute atomic E-state index is 13.2. The lowest BCUT2D eigenvalue weighted by atomic mass is 10.1. The summed E-state index contributed by atoms with van der Waals surface area (Å²) in [6.45, 7) is 8.02. The highest BCUT2D eigenvalue weighted by atomic mass is 32.2. The third kappa shape index (κ3) is 6.44. The summed E-state index contributed by atoms with van der Waals surface area (Å²) in [6, 6.07) is 20.9. The fraction of sp³-hybridized carbons (Fsp3) is 0.233. The number of thioether (sulfide) groups is 1. The van der Waals surface area contributed by atoms with Crippen molar-refractivity contribution >= 4 is 51.9 Å². The van der Waals surface area contributed by atoms with Crippen molar-refractivity contribution in [2.75, 3.05) is 18.5 Å². The molecule has 4 rings (SSSR count). The quantitative estimate of drug-likeness (QED) is 0.238. The highest BCUT2D eigenvalue weighted by Crippen LogP contribution is 2.39. The molecule has 196 valence electrons. The monoisotopic (exact) mass is 546 g/mol. The molecule has 1 N–H and O–H groups in total. The van der Waals surface area contributed by atoms with E-state index < -0.39 is 0 Å². The van der Waals surface area contributed by atoms with Gasteiger partial charge in [-0.25, -0.2) is 0 Å². The number of thiocarbonyl (C=S) groups is 1. The third-order valence-corrected chi connectivity index (χ3v) is 7.41. The molecule has 1 aliphatic rings. The summed E-state index contributed by atoms with van der Waals surface area (Å²) >= 11 is 6.82. The van der Waals surface area contributed by atoms with E-state index in [1.54, 1.807) is 23.1 Å². The minimum absolute atomic E-state index is 0.127. The molecule has 1 atom stereocenters. The van der Waals surface area contributed by atoms with Crippen LogP contribution in [0, 0.1) is 13.8 Å². The van der Waals surface area contributed by atoms with E-state index in [-0.39, 0.29) is 24.5 Å². The van der Waals surface area contributed by atoms with Gasteiger partial charge in [-0.3, -0.25) is 14.5 Å². The second kappa shape index (κ2) is 12.3. The Morgan fingerprint density at radius 3 is 2.55 bits per heavy atom. The van der Waals surface area contributed by atoms with E-state index >= 15 is 0 Å².